The van der Waals surface area contributed by atoms with E-state index in [4.69, 9.17) is 47.1 Å². The Kier molecular flexibility index (Phi) is 13.5. The molecule has 0 unspecified atom stereocenters. The molecule has 0 amide bonds. The Hall–Kier alpha value is -3.59. The van der Waals surface area contributed by atoms with Crippen LogP contribution in [0.5, 0.6) is 23.0 Å². The van der Waals surface area contributed by atoms with Crippen molar-refractivity contribution in [3.05, 3.63) is 77.1 Å². The third-order valence-electron chi connectivity index (χ3n) is 7.30. The highest BCUT2D eigenvalue weighted by Crippen LogP contribution is 2.37. The maximum atomic E-state index is 6.42. The van der Waals surface area contributed by atoms with Gasteiger partial charge in [-0.05, 0) is 56.3 Å². The van der Waals surface area contributed by atoms with Gasteiger partial charge in [-0.1, -0.05) is 62.5 Å². The fourth-order valence-corrected chi connectivity index (χ4v) is 5.49. The molecule has 242 valence electrons. The van der Waals surface area contributed by atoms with Gasteiger partial charge in [0.25, 0.3) is 0 Å². The summed E-state index contributed by atoms with van der Waals surface area (Å²) in [6.07, 6.45) is 6.30. The molecule has 0 saturated heterocycles. The second-order valence-electron chi connectivity index (χ2n) is 10.5. The molecule has 0 fully saturated rings. The predicted octanol–water partition coefficient (Wildman–Crippen LogP) is 8.80. The van der Waals surface area contributed by atoms with Crippen LogP contribution >= 0.6 is 23.2 Å². The molecule has 0 radical (unpaired) electrons. The molecule has 8 nitrogen and oxygen atoms in total. The summed E-state index contributed by atoms with van der Waals surface area (Å²) in [4.78, 5) is 7.56. The summed E-state index contributed by atoms with van der Waals surface area (Å²) < 4.78 is 26.0. The van der Waals surface area contributed by atoms with Gasteiger partial charge in [0, 0.05) is 53.6 Å². The van der Waals surface area contributed by atoms with E-state index in [0.29, 0.717) is 47.1 Å². The van der Waals surface area contributed by atoms with Crippen LogP contribution in [0, 0.1) is 0 Å². The van der Waals surface area contributed by atoms with Crippen molar-refractivity contribution in [2.24, 2.45) is 0 Å². The molecular weight excluding hydrogens is 611 g/mol. The van der Waals surface area contributed by atoms with Crippen LogP contribution in [0.15, 0.2) is 67.1 Å². The van der Waals surface area contributed by atoms with Gasteiger partial charge in [-0.3, -0.25) is 0 Å². The lowest BCUT2D eigenvalue weighted by atomic mass is 10.2. The molecule has 10 heteroatoms. The third-order valence-corrected chi connectivity index (χ3v) is 7.74. The molecule has 1 N–H and O–H groups in total. The lowest BCUT2D eigenvalue weighted by Gasteiger charge is -2.18. The van der Waals surface area contributed by atoms with Crippen LogP contribution < -0.4 is 19.5 Å². The molecule has 45 heavy (non-hydrogen) atoms. The number of benzene rings is 3. The van der Waals surface area contributed by atoms with Crippen molar-refractivity contribution in [2.75, 3.05) is 46.5 Å². The zero-order chi connectivity index (χ0) is 32.0. The number of hydrogen-bond acceptors (Lipinski definition) is 7. The summed E-state index contributed by atoms with van der Waals surface area (Å²) in [5.41, 5.74) is 2.71. The molecular formula is C35H44Cl2N4O4. The minimum Gasteiger partial charge on any atom is -0.503 e. The van der Waals surface area contributed by atoms with Crippen molar-refractivity contribution in [1.82, 2.24) is 19.8 Å². The zero-order valence-electron chi connectivity index (χ0n) is 26.7. The largest absolute Gasteiger partial charge is 0.503 e. The molecule has 0 bridgehead atoms. The Morgan fingerprint density at radius 3 is 2.42 bits per heavy atom. The first-order chi connectivity index (χ1) is 21.9. The molecule has 0 spiro atoms. The SMILES string of the molecule is CCCCn1c(-c2cccc(Oc3cc(Cl)cc(Cl)c3)c2)nc2c(OCCCN(CC)CC)cc(OCCN/C=C\OC)cc21. The van der Waals surface area contributed by atoms with Gasteiger partial charge in [0.1, 0.15) is 35.2 Å². The minimum atomic E-state index is 0.476. The van der Waals surface area contributed by atoms with Crippen molar-refractivity contribution >= 4 is 34.2 Å². The van der Waals surface area contributed by atoms with Crippen LogP contribution in [0.1, 0.15) is 40.0 Å². The summed E-state index contributed by atoms with van der Waals surface area (Å²) >= 11 is 12.4. The number of halogens is 2. The number of unbranched alkanes of at least 4 members (excludes halogenated alkanes) is 1. The van der Waals surface area contributed by atoms with Crippen molar-refractivity contribution in [3.8, 4) is 34.4 Å². The average Bonchev–Trinajstić information content (AvgIpc) is 3.40. The average molecular weight is 656 g/mol. The van der Waals surface area contributed by atoms with E-state index in [9.17, 15) is 0 Å². The zero-order valence-corrected chi connectivity index (χ0v) is 28.2. The van der Waals surface area contributed by atoms with Crippen molar-refractivity contribution < 1.29 is 18.9 Å². The van der Waals surface area contributed by atoms with E-state index in [0.717, 1.165) is 73.6 Å². The maximum absolute atomic E-state index is 6.42. The first kappa shape index (κ1) is 34.3. The smallest absolute Gasteiger partial charge is 0.150 e. The van der Waals surface area contributed by atoms with Gasteiger partial charge in [-0.15, -0.1) is 0 Å². The van der Waals surface area contributed by atoms with E-state index < -0.39 is 0 Å². The number of imidazole rings is 1. The molecule has 3 aromatic carbocycles. The van der Waals surface area contributed by atoms with Crippen LogP contribution in [0.2, 0.25) is 10.0 Å². The Morgan fingerprint density at radius 1 is 0.889 bits per heavy atom. The molecule has 0 aliphatic carbocycles. The van der Waals surface area contributed by atoms with Gasteiger partial charge < -0.3 is 33.7 Å². The van der Waals surface area contributed by atoms with Crippen LogP contribution in [0.3, 0.4) is 0 Å². The fraction of sp³-hybridized carbons (Fsp3) is 0.400. The summed E-state index contributed by atoms with van der Waals surface area (Å²) in [6, 6.07) is 17.1. The molecule has 4 aromatic rings. The minimum absolute atomic E-state index is 0.476. The number of aryl methyl sites for hydroxylation is 1. The van der Waals surface area contributed by atoms with Gasteiger partial charge >= 0.3 is 0 Å². The first-order valence-corrected chi connectivity index (χ1v) is 16.4. The quantitative estimate of drug-likeness (QED) is 0.0800. The van der Waals surface area contributed by atoms with E-state index in [-0.39, 0.29) is 0 Å². The Morgan fingerprint density at radius 2 is 1.69 bits per heavy atom. The second kappa shape index (κ2) is 17.8. The van der Waals surface area contributed by atoms with Gasteiger partial charge in [-0.25, -0.2) is 4.98 Å². The second-order valence-corrected chi connectivity index (χ2v) is 11.4. The van der Waals surface area contributed by atoms with Crippen LogP contribution in [0.25, 0.3) is 22.4 Å². The van der Waals surface area contributed by atoms with E-state index >= 15 is 0 Å². The summed E-state index contributed by atoms with van der Waals surface area (Å²) in [7, 11) is 1.61. The van der Waals surface area contributed by atoms with Gasteiger partial charge in [0.05, 0.1) is 25.5 Å². The van der Waals surface area contributed by atoms with E-state index in [2.05, 4.69) is 41.6 Å². The van der Waals surface area contributed by atoms with E-state index in [1.807, 2.05) is 30.3 Å². The number of ether oxygens (including phenoxy) is 4. The summed E-state index contributed by atoms with van der Waals surface area (Å²) in [5, 5.41) is 4.18. The molecule has 0 saturated carbocycles. The number of methoxy groups -OCH3 is 1. The van der Waals surface area contributed by atoms with Crippen LogP contribution in [-0.2, 0) is 11.3 Å². The van der Waals surface area contributed by atoms with Gasteiger partial charge in [0.15, 0.2) is 5.75 Å². The number of nitrogens with zero attached hydrogens (tertiary/aromatic N) is 3. The number of rotatable bonds is 19. The predicted molar refractivity (Wildman–Crippen MR) is 184 cm³/mol. The lowest BCUT2D eigenvalue weighted by Crippen LogP contribution is -2.25. The highest BCUT2D eigenvalue weighted by molar-refractivity contribution is 6.34. The third kappa shape index (κ3) is 9.95. The van der Waals surface area contributed by atoms with E-state index in [1.54, 1.807) is 37.8 Å². The number of aromatic nitrogens is 2. The Bertz CT molecular complexity index is 1520. The lowest BCUT2D eigenvalue weighted by molar-refractivity contribution is 0.249. The van der Waals surface area contributed by atoms with Gasteiger partial charge in [0.2, 0.25) is 0 Å². The molecule has 4 rings (SSSR count). The van der Waals surface area contributed by atoms with Crippen molar-refractivity contribution in [2.45, 2.75) is 46.6 Å². The molecule has 1 aromatic heterocycles. The number of fused-ring (bicyclic) bond motifs is 1. The Labute approximate surface area is 276 Å². The highest BCUT2D eigenvalue weighted by Gasteiger charge is 2.19. The van der Waals surface area contributed by atoms with Crippen molar-refractivity contribution in [1.29, 1.82) is 0 Å². The molecule has 0 aliphatic heterocycles. The highest BCUT2D eigenvalue weighted by atomic mass is 35.5. The fourth-order valence-electron chi connectivity index (χ4n) is 4.98. The Balaban J connectivity index is 1.69. The normalized spacial score (nSPS) is 11.4. The van der Waals surface area contributed by atoms with Crippen LogP contribution in [-0.4, -0.2) is 61.0 Å². The molecule has 1 heterocycles. The summed E-state index contributed by atoms with van der Waals surface area (Å²) in [5.74, 6) is 3.51. The first-order valence-electron chi connectivity index (χ1n) is 15.6. The molecule has 0 aliphatic rings. The van der Waals surface area contributed by atoms with Crippen molar-refractivity contribution in [3.63, 3.8) is 0 Å². The van der Waals surface area contributed by atoms with Gasteiger partial charge in [-0.2, -0.15) is 0 Å². The van der Waals surface area contributed by atoms with Crippen LogP contribution in [0.4, 0.5) is 0 Å². The topological polar surface area (TPSA) is 70.0 Å². The maximum Gasteiger partial charge on any atom is 0.150 e. The standard InChI is InChI=1S/C35H44Cl2N4O4/c1-5-8-16-41-32-24-30(43-19-14-38-13-18-42-4)25-33(44-17-10-15-40(6-2)7-3)34(32)39-35(41)26-11-9-12-29(20-26)45-31-22-27(36)21-28(37)23-31/h9,11-13,18,20-25,38H,5-8,10,14-17,19H2,1-4H3/b18-13-. The summed E-state index contributed by atoms with van der Waals surface area (Å²) in [6.45, 7) is 12.1. The number of hydrogen-bond donors (Lipinski definition) is 1. The molecule has 0 atom stereocenters. The monoisotopic (exact) mass is 654 g/mol. The van der Waals surface area contributed by atoms with E-state index in [1.165, 1.54) is 0 Å². The number of nitrogens with one attached hydrogen (secondary N) is 1.